The van der Waals surface area contributed by atoms with Crippen molar-refractivity contribution < 1.29 is 0 Å². The van der Waals surface area contributed by atoms with Crippen LogP contribution in [0.15, 0.2) is 36.8 Å². The third-order valence-corrected chi connectivity index (χ3v) is 2.50. The summed E-state index contributed by atoms with van der Waals surface area (Å²) in [4.78, 5) is 14.9. The van der Waals surface area contributed by atoms with Crippen molar-refractivity contribution in [1.82, 2.24) is 15.0 Å². The van der Waals surface area contributed by atoms with Crippen LogP contribution in [0.4, 0.5) is 5.95 Å². The lowest BCUT2D eigenvalue weighted by Gasteiger charge is -2.18. The summed E-state index contributed by atoms with van der Waals surface area (Å²) >= 11 is 0. The van der Waals surface area contributed by atoms with Gasteiger partial charge in [0.1, 0.15) is 0 Å². The van der Waals surface area contributed by atoms with E-state index in [4.69, 9.17) is 5.73 Å². The molecule has 2 rings (SSSR count). The Morgan fingerprint density at radius 1 is 1.22 bits per heavy atom. The first-order valence-electron chi connectivity index (χ1n) is 5.87. The monoisotopic (exact) mass is 243 g/mol. The van der Waals surface area contributed by atoms with Gasteiger partial charge in [-0.1, -0.05) is 6.07 Å². The highest BCUT2D eigenvalue weighted by Gasteiger charge is 2.07. The molecule has 0 spiro atoms. The first-order chi connectivity index (χ1) is 8.66. The number of nitrogens with two attached hydrogens (primary N) is 1. The zero-order valence-electron chi connectivity index (χ0n) is 10.6. The van der Waals surface area contributed by atoms with Crippen LogP contribution in [0.2, 0.25) is 0 Å². The second kappa shape index (κ2) is 5.55. The third kappa shape index (κ3) is 3.01. The highest BCUT2D eigenvalue weighted by Crippen LogP contribution is 2.15. The molecule has 0 aliphatic carbocycles. The molecule has 0 saturated carbocycles. The van der Waals surface area contributed by atoms with Crippen LogP contribution in [0.5, 0.6) is 0 Å². The molecule has 0 saturated heterocycles. The summed E-state index contributed by atoms with van der Waals surface area (Å²) in [6.45, 7) is 2.68. The summed E-state index contributed by atoms with van der Waals surface area (Å²) in [7, 11) is 1.93. The maximum Gasteiger partial charge on any atom is 0.225 e. The van der Waals surface area contributed by atoms with E-state index in [9.17, 15) is 0 Å². The van der Waals surface area contributed by atoms with E-state index in [0.29, 0.717) is 5.95 Å². The first-order valence-corrected chi connectivity index (χ1v) is 5.87. The van der Waals surface area contributed by atoms with Gasteiger partial charge in [0.05, 0.1) is 5.69 Å². The van der Waals surface area contributed by atoms with Gasteiger partial charge in [0, 0.05) is 43.8 Å². The van der Waals surface area contributed by atoms with Gasteiger partial charge in [0.15, 0.2) is 0 Å². The van der Waals surface area contributed by atoms with Gasteiger partial charge in [-0.15, -0.1) is 0 Å². The van der Waals surface area contributed by atoms with Gasteiger partial charge in [-0.25, -0.2) is 9.97 Å². The molecule has 0 bridgehead atoms. The standard InChI is InChI=1S/C13H17N5/c1-10(14)9-18(2)13-16-7-11(8-17-13)12-5-3-4-6-15-12/h3-8,10H,9,14H2,1-2H3. The Morgan fingerprint density at radius 2 is 1.94 bits per heavy atom. The van der Waals surface area contributed by atoms with Gasteiger partial charge < -0.3 is 10.6 Å². The van der Waals surface area contributed by atoms with Gasteiger partial charge in [-0.3, -0.25) is 4.98 Å². The van der Waals surface area contributed by atoms with Gasteiger partial charge >= 0.3 is 0 Å². The van der Waals surface area contributed by atoms with E-state index in [1.165, 1.54) is 0 Å². The van der Waals surface area contributed by atoms with Crippen LogP contribution in [0.3, 0.4) is 0 Å². The second-order valence-electron chi connectivity index (χ2n) is 4.34. The van der Waals surface area contributed by atoms with Crippen LogP contribution in [0, 0.1) is 0 Å². The van der Waals surface area contributed by atoms with Crippen LogP contribution in [-0.4, -0.2) is 34.6 Å². The third-order valence-electron chi connectivity index (χ3n) is 2.50. The molecular formula is C13H17N5. The lowest BCUT2D eigenvalue weighted by molar-refractivity contribution is 0.704. The Bertz CT molecular complexity index is 480. The zero-order chi connectivity index (χ0) is 13.0. The topological polar surface area (TPSA) is 67.9 Å². The van der Waals surface area contributed by atoms with Crippen LogP contribution in [0.25, 0.3) is 11.3 Å². The molecule has 0 aromatic carbocycles. The Labute approximate surface area is 107 Å². The number of rotatable bonds is 4. The average molecular weight is 243 g/mol. The quantitative estimate of drug-likeness (QED) is 0.877. The molecule has 94 valence electrons. The van der Waals surface area contributed by atoms with Crippen molar-refractivity contribution >= 4 is 5.95 Å². The SMILES string of the molecule is CC(N)CN(C)c1ncc(-c2ccccn2)cn1. The lowest BCUT2D eigenvalue weighted by Crippen LogP contribution is -2.33. The van der Waals surface area contributed by atoms with Crippen LogP contribution >= 0.6 is 0 Å². The van der Waals surface area contributed by atoms with Crippen LogP contribution in [-0.2, 0) is 0 Å². The van der Waals surface area contributed by atoms with Crippen molar-refractivity contribution in [1.29, 1.82) is 0 Å². The molecule has 1 unspecified atom stereocenters. The summed E-state index contributed by atoms with van der Waals surface area (Å²) in [6, 6.07) is 5.85. The van der Waals surface area contributed by atoms with E-state index in [-0.39, 0.29) is 6.04 Å². The zero-order valence-corrected chi connectivity index (χ0v) is 10.6. The molecule has 5 heteroatoms. The summed E-state index contributed by atoms with van der Waals surface area (Å²) < 4.78 is 0. The predicted molar refractivity (Wildman–Crippen MR) is 72.2 cm³/mol. The molecule has 0 fully saturated rings. The maximum absolute atomic E-state index is 5.74. The van der Waals surface area contributed by atoms with E-state index in [1.54, 1.807) is 18.6 Å². The van der Waals surface area contributed by atoms with Crippen molar-refractivity contribution in [2.75, 3.05) is 18.5 Å². The summed E-state index contributed by atoms with van der Waals surface area (Å²) in [5.41, 5.74) is 7.53. The molecule has 2 aromatic heterocycles. The van der Waals surface area contributed by atoms with E-state index in [1.807, 2.05) is 37.1 Å². The molecular weight excluding hydrogens is 226 g/mol. The molecule has 2 N–H and O–H groups in total. The Kier molecular flexibility index (Phi) is 3.84. The minimum atomic E-state index is 0.0917. The minimum absolute atomic E-state index is 0.0917. The molecule has 5 nitrogen and oxygen atoms in total. The van der Waals surface area contributed by atoms with Crippen molar-refractivity contribution in [3.63, 3.8) is 0 Å². The number of nitrogens with zero attached hydrogens (tertiary/aromatic N) is 4. The minimum Gasteiger partial charge on any atom is -0.342 e. The molecule has 1 atom stereocenters. The van der Waals surface area contributed by atoms with E-state index >= 15 is 0 Å². The largest absolute Gasteiger partial charge is 0.342 e. The van der Waals surface area contributed by atoms with Crippen molar-refractivity contribution in [2.24, 2.45) is 5.73 Å². The molecule has 2 aromatic rings. The van der Waals surface area contributed by atoms with Crippen LogP contribution in [0.1, 0.15) is 6.92 Å². The fourth-order valence-electron chi connectivity index (χ4n) is 1.70. The molecule has 0 amide bonds. The average Bonchev–Trinajstić information content (AvgIpc) is 2.39. The van der Waals surface area contributed by atoms with Gasteiger partial charge in [0.25, 0.3) is 0 Å². The number of anilines is 1. The van der Waals surface area contributed by atoms with Crippen molar-refractivity contribution in [3.8, 4) is 11.3 Å². The highest BCUT2D eigenvalue weighted by molar-refractivity contribution is 5.57. The fraction of sp³-hybridized carbons (Fsp3) is 0.308. The fourth-order valence-corrected chi connectivity index (χ4v) is 1.70. The summed E-state index contributed by atoms with van der Waals surface area (Å²) in [5.74, 6) is 0.673. The summed E-state index contributed by atoms with van der Waals surface area (Å²) in [6.07, 6.45) is 5.32. The maximum atomic E-state index is 5.74. The smallest absolute Gasteiger partial charge is 0.225 e. The van der Waals surface area contributed by atoms with Crippen LogP contribution < -0.4 is 10.6 Å². The van der Waals surface area contributed by atoms with E-state index in [2.05, 4.69) is 15.0 Å². The molecule has 0 radical (unpaired) electrons. The van der Waals surface area contributed by atoms with Crippen molar-refractivity contribution in [3.05, 3.63) is 36.8 Å². The number of hydrogen-bond donors (Lipinski definition) is 1. The normalized spacial score (nSPS) is 12.2. The Balaban J connectivity index is 2.15. The predicted octanol–water partition coefficient (Wildman–Crippen LogP) is 1.32. The Hall–Kier alpha value is -2.01. The highest BCUT2D eigenvalue weighted by atomic mass is 15.2. The number of hydrogen-bond acceptors (Lipinski definition) is 5. The van der Waals surface area contributed by atoms with Gasteiger partial charge in [-0.2, -0.15) is 0 Å². The number of likely N-dealkylation sites (N-methyl/N-ethyl adjacent to an activating group) is 1. The van der Waals surface area contributed by atoms with Gasteiger partial charge in [0.2, 0.25) is 5.95 Å². The molecule has 2 heterocycles. The van der Waals surface area contributed by atoms with E-state index < -0.39 is 0 Å². The van der Waals surface area contributed by atoms with Gasteiger partial charge in [-0.05, 0) is 19.1 Å². The van der Waals surface area contributed by atoms with Crippen molar-refractivity contribution in [2.45, 2.75) is 13.0 Å². The van der Waals surface area contributed by atoms with E-state index in [0.717, 1.165) is 17.8 Å². The summed E-state index contributed by atoms with van der Waals surface area (Å²) in [5, 5.41) is 0. The second-order valence-corrected chi connectivity index (χ2v) is 4.34. The first kappa shape index (κ1) is 12.4. The number of aromatic nitrogens is 3. The number of pyridine rings is 1. The molecule has 0 aliphatic rings. The molecule has 0 aliphatic heterocycles. The molecule has 18 heavy (non-hydrogen) atoms. The Morgan fingerprint density at radius 3 is 2.50 bits per heavy atom. The lowest BCUT2D eigenvalue weighted by atomic mass is 10.2.